The van der Waals surface area contributed by atoms with Crippen LogP contribution in [0.5, 0.6) is 0 Å². The van der Waals surface area contributed by atoms with Gasteiger partial charge in [-0.05, 0) is 37.0 Å². The van der Waals surface area contributed by atoms with Gasteiger partial charge in [0.2, 0.25) is 10.0 Å². The maximum atomic E-state index is 12.3. The fraction of sp³-hybridized carbons (Fsp3) is 0.462. The molecule has 2 rings (SSSR count). The smallest absolute Gasteiger partial charge is 0.337 e. The van der Waals surface area contributed by atoms with E-state index in [1.165, 1.54) is 25.3 Å². The summed E-state index contributed by atoms with van der Waals surface area (Å²) >= 11 is 5.98. The van der Waals surface area contributed by atoms with Crippen molar-refractivity contribution < 1.29 is 17.9 Å². The zero-order valence-corrected chi connectivity index (χ0v) is 13.1. The summed E-state index contributed by atoms with van der Waals surface area (Å²) in [7, 11) is -2.53. The number of benzene rings is 1. The Balaban J connectivity index is 2.25. The van der Waals surface area contributed by atoms with Crippen LogP contribution in [0, 0.1) is 5.92 Å². The van der Waals surface area contributed by atoms with Gasteiger partial charge in [0, 0.05) is 12.6 Å². The molecule has 3 N–H and O–H groups in total. The number of nitrogens with two attached hydrogens (primary N) is 1. The van der Waals surface area contributed by atoms with Crippen molar-refractivity contribution in [3.05, 3.63) is 28.8 Å². The number of carbonyl (C=O) groups excluding carboxylic acids is 1. The average molecular weight is 333 g/mol. The van der Waals surface area contributed by atoms with Crippen molar-refractivity contribution in [2.45, 2.75) is 23.8 Å². The van der Waals surface area contributed by atoms with Gasteiger partial charge in [0.05, 0.1) is 17.7 Å². The molecule has 0 aliphatic heterocycles. The van der Waals surface area contributed by atoms with E-state index in [0.717, 1.165) is 12.8 Å². The molecular weight excluding hydrogens is 316 g/mol. The topological polar surface area (TPSA) is 98.5 Å². The molecule has 1 fully saturated rings. The van der Waals surface area contributed by atoms with E-state index >= 15 is 0 Å². The van der Waals surface area contributed by atoms with E-state index in [9.17, 15) is 13.2 Å². The second-order valence-electron chi connectivity index (χ2n) is 4.94. The Morgan fingerprint density at radius 2 is 2.19 bits per heavy atom. The molecule has 0 aromatic heterocycles. The summed E-state index contributed by atoms with van der Waals surface area (Å²) in [6.45, 7) is 0.238. The first kappa shape index (κ1) is 16.2. The van der Waals surface area contributed by atoms with Crippen LogP contribution in [0.4, 0.5) is 0 Å². The van der Waals surface area contributed by atoms with Crippen LogP contribution in [0.2, 0.25) is 5.02 Å². The van der Waals surface area contributed by atoms with Crippen molar-refractivity contribution in [1.82, 2.24) is 4.72 Å². The predicted molar refractivity (Wildman–Crippen MR) is 78.7 cm³/mol. The summed E-state index contributed by atoms with van der Waals surface area (Å²) in [5, 5.41) is -0.0306. The summed E-state index contributed by atoms with van der Waals surface area (Å²) in [6, 6.07) is 3.64. The van der Waals surface area contributed by atoms with Crippen molar-refractivity contribution in [3.63, 3.8) is 0 Å². The highest BCUT2D eigenvalue weighted by Gasteiger charge is 2.34. The van der Waals surface area contributed by atoms with Gasteiger partial charge in [-0.3, -0.25) is 0 Å². The maximum absolute atomic E-state index is 12.3. The van der Waals surface area contributed by atoms with Gasteiger partial charge in [-0.15, -0.1) is 0 Å². The Kier molecular flexibility index (Phi) is 4.88. The summed E-state index contributed by atoms with van der Waals surface area (Å²) in [5.41, 5.74) is 5.79. The fourth-order valence-corrected chi connectivity index (χ4v) is 3.92. The lowest BCUT2D eigenvalue weighted by molar-refractivity contribution is 0.0600. The first-order valence-corrected chi connectivity index (χ1v) is 8.35. The summed E-state index contributed by atoms with van der Waals surface area (Å²) in [6.07, 6.45) is 1.94. The lowest BCUT2D eigenvalue weighted by atomic mass is 10.2. The Morgan fingerprint density at radius 1 is 1.52 bits per heavy atom. The lowest BCUT2D eigenvalue weighted by Crippen LogP contribution is -2.41. The number of rotatable bonds is 6. The summed E-state index contributed by atoms with van der Waals surface area (Å²) in [4.78, 5) is 11.3. The van der Waals surface area contributed by atoms with Gasteiger partial charge in [-0.25, -0.2) is 17.9 Å². The van der Waals surface area contributed by atoms with Crippen LogP contribution in [-0.4, -0.2) is 34.1 Å². The Bertz CT molecular complexity index is 644. The minimum Gasteiger partial charge on any atom is -0.465 e. The van der Waals surface area contributed by atoms with Crippen LogP contribution in [0.3, 0.4) is 0 Å². The first-order chi connectivity index (χ1) is 9.89. The molecule has 0 heterocycles. The Labute approximate surface area is 128 Å². The van der Waals surface area contributed by atoms with Crippen molar-refractivity contribution in [2.75, 3.05) is 13.7 Å². The number of halogens is 1. The van der Waals surface area contributed by atoms with Crippen LogP contribution < -0.4 is 10.5 Å². The van der Waals surface area contributed by atoms with Crippen molar-refractivity contribution in [1.29, 1.82) is 0 Å². The van der Waals surface area contributed by atoms with Crippen LogP contribution in [-0.2, 0) is 14.8 Å². The number of methoxy groups -OCH3 is 1. The van der Waals surface area contributed by atoms with Crippen molar-refractivity contribution in [3.8, 4) is 0 Å². The van der Waals surface area contributed by atoms with Gasteiger partial charge >= 0.3 is 5.97 Å². The third-order valence-corrected chi connectivity index (χ3v) is 5.37. The zero-order chi connectivity index (χ0) is 15.6. The monoisotopic (exact) mass is 332 g/mol. The highest BCUT2D eigenvalue weighted by molar-refractivity contribution is 7.89. The zero-order valence-electron chi connectivity index (χ0n) is 11.5. The maximum Gasteiger partial charge on any atom is 0.337 e. The van der Waals surface area contributed by atoms with Crippen molar-refractivity contribution in [2.24, 2.45) is 11.7 Å². The number of hydrogen-bond acceptors (Lipinski definition) is 5. The molecular formula is C13H17ClN2O4S. The second kappa shape index (κ2) is 6.31. The molecule has 6 nitrogen and oxygen atoms in total. The van der Waals surface area contributed by atoms with Gasteiger partial charge in [-0.1, -0.05) is 11.6 Å². The molecule has 1 unspecified atom stereocenters. The van der Waals surface area contributed by atoms with Crippen LogP contribution in [0.15, 0.2) is 23.1 Å². The predicted octanol–water partition coefficient (Wildman–Crippen LogP) is 1.14. The number of sulfonamides is 1. The summed E-state index contributed by atoms with van der Waals surface area (Å²) in [5.74, 6) is -0.287. The molecule has 1 saturated carbocycles. The minimum absolute atomic E-state index is 0.0306. The van der Waals surface area contributed by atoms with Crippen LogP contribution >= 0.6 is 11.6 Å². The standard InChI is InChI=1S/C13H17ClN2O4S/c1-20-13(17)9-4-5-12(10(14)6-9)21(18,19)16-11(7-15)8-2-3-8/h4-6,8,11,16H,2-3,7,15H2,1H3. The molecule has 21 heavy (non-hydrogen) atoms. The van der Waals surface area contributed by atoms with E-state index < -0.39 is 16.0 Å². The quantitative estimate of drug-likeness (QED) is 0.761. The molecule has 1 aliphatic carbocycles. The van der Waals surface area contributed by atoms with Crippen LogP contribution in [0.1, 0.15) is 23.2 Å². The molecule has 0 bridgehead atoms. The number of nitrogens with one attached hydrogen (secondary N) is 1. The highest BCUT2D eigenvalue weighted by atomic mass is 35.5. The third kappa shape index (κ3) is 3.74. The van der Waals surface area contributed by atoms with Gasteiger partial charge in [0.1, 0.15) is 4.90 Å². The number of ether oxygens (including phenoxy) is 1. The van der Waals surface area contributed by atoms with Gasteiger partial charge in [0.25, 0.3) is 0 Å². The lowest BCUT2D eigenvalue weighted by Gasteiger charge is -2.17. The molecule has 1 aliphatic rings. The molecule has 0 amide bonds. The molecule has 0 radical (unpaired) electrons. The second-order valence-corrected chi connectivity index (χ2v) is 7.03. The third-order valence-electron chi connectivity index (χ3n) is 3.39. The molecule has 116 valence electrons. The molecule has 1 atom stereocenters. The normalized spacial score (nSPS) is 16.5. The van der Waals surface area contributed by atoms with E-state index in [4.69, 9.17) is 17.3 Å². The van der Waals surface area contributed by atoms with E-state index in [1.807, 2.05) is 0 Å². The molecule has 1 aromatic carbocycles. The van der Waals surface area contributed by atoms with E-state index in [0.29, 0.717) is 0 Å². The van der Waals surface area contributed by atoms with E-state index in [2.05, 4.69) is 9.46 Å². The largest absolute Gasteiger partial charge is 0.465 e. The minimum atomic E-state index is -3.77. The SMILES string of the molecule is COC(=O)c1ccc(S(=O)(=O)NC(CN)C2CC2)c(Cl)c1. The van der Waals surface area contributed by atoms with E-state index in [-0.39, 0.29) is 34.0 Å². The molecule has 1 aromatic rings. The first-order valence-electron chi connectivity index (χ1n) is 6.49. The molecule has 0 saturated heterocycles. The van der Waals surface area contributed by atoms with Gasteiger partial charge < -0.3 is 10.5 Å². The average Bonchev–Trinajstić information content (AvgIpc) is 3.28. The Morgan fingerprint density at radius 3 is 2.67 bits per heavy atom. The number of hydrogen-bond donors (Lipinski definition) is 2. The van der Waals surface area contributed by atoms with E-state index in [1.54, 1.807) is 0 Å². The van der Waals surface area contributed by atoms with Gasteiger partial charge in [0.15, 0.2) is 0 Å². The summed E-state index contributed by atoms with van der Waals surface area (Å²) < 4.78 is 31.8. The number of carbonyl (C=O) groups is 1. The van der Waals surface area contributed by atoms with Crippen LogP contribution in [0.25, 0.3) is 0 Å². The van der Waals surface area contributed by atoms with Crippen molar-refractivity contribution >= 4 is 27.6 Å². The fourth-order valence-electron chi connectivity index (χ4n) is 2.06. The highest BCUT2D eigenvalue weighted by Crippen LogP contribution is 2.33. The Hall–Kier alpha value is -1.15. The molecule has 8 heteroatoms. The molecule has 0 spiro atoms. The van der Waals surface area contributed by atoms with Gasteiger partial charge in [-0.2, -0.15) is 0 Å². The number of esters is 1.